The zero-order chi connectivity index (χ0) is 17.4. The third-order valence-corrected chi connectivity index (χ3v) is 4.12. The fraction of sp³-hybridized carbons (Fsp3) is 0.316. The first kappa shape index (κ1) is 18.5. The number of carbonyl (C=O) groups excluding carboxylic acids is 1. The number of halogens is 1. The maximum absolute atomic E-state index is 12.5. The fourth-order valence-corrected chi connectivity index (χ4v) is 2.69. The molecule has 5 heteroatoms. The first-order chi connectivity index (χ1) is 11.6. The molecule has 0 heterocycles. The summed E-state index contributed by atoms with van der Waals surface area (Å²) in [7, 11) is 0. The number of aliphatic hydroxyl groups excluding tert-OH is 1. The summed E-state index contributed by atoms with van der Waals surface area (Å²) in [5, 5.41) is 12.8. The van der Waals surface area contributed by atoms with Gasteiger partial charge in [0, 0.05) is 11.6 Å². The largest absolute Gasteiger partial charge is 0.395 e. The third-order valence-electron chi connectivity index (χ3n) is 3.87. The van der Waals surface area contributed by atoms with Crippen molar-refractivity contribution in [2.75, 3.05) is 26.2 Å². The van der Waals surface area contributed by atoms with Crippen LogP contribution in [0.3, 0.4) is 0 Å². The standard InChI is InChI=1S/C19H23ClN2O2/c1-2-22(12-13-23)14-18(24)21-19(15-6-4-3-5-7-15)16-8-10-17(20)11-9-16/h3-11,19,23H,2,12-14H2,1H3,(H,21,24). The molecule has 0 saturated carbocycles. The van der Waals surface area contributed by atoms with E-state index in [1.54, 1.807) is 0 Å². The number of hydrogen-bond donors (Lipinski definition) is 2. The lowest BCUT2D eigenvalue weighted by Gasteiger charge is -2.23. The number of aliphatic hydroxyl groups is 1. The maximum Gasteiger partial charge on any atom is 0.234 e. The second-order valence-corrected chi connectivity index (χ2v) is 5.99. The number of amides is 1. The van der Waals surface area contributed by atoms with E-state index in [1.807, 2.05) is 66.4 Å². The van der Waals surface area contributed by atoms with Crippen molar-refractivity contribution in [2.24, 2.45) is 0 Å². The summed E-state index contributed by atoms with van der Waals surface area (Å²) in [6, 6.07) is 17.1. The molecule has 0 fully saturated rings. The Morgan fingerprint density at radius 1 is 1.12 bits per heavy atom. The van der Waals surface area contributed by atoms with Gasteiger partial charge in [0.1, 0.15) is 0 Å². The van der Waals surface area contributed by atoms with Gasteiger partial charge in [0.25, 0.3) is 0 Å². The van der Waals surface area contributed by atoms with Gasteiger partial charge in [-0.1, -0.05) is 61.0 Å². The highest BCUT2D eigenvalue weighted by Crippen LogP contribution is 2.23. The van der Waals surface area contributed by atoms with Crippen molar-refractivity contribution in [3.05, 3.63) is 70.7 Å². The minimum absolute atomic E-state index is 0.0421. The molecule has 1 atom stereocenters. The molecule has 0 aromatic heterocycles. The molecule has 2 rings (SSSR count). The minimum atomic E-state index is -0.233. The SMILES string of the molecule is CCN(CCO)CC(=O)NC(c1ccccc1)c1ccc(Cl)cc1. The number of rotatable bonds is 8. The summed E-state index contributed by atoms with van der Waals surface area (Å²) < 4.78 is 0. The Labute approximate surface area is 148 Å². The molecule has 2 aromatic carbocycles. The fourth-order valence-electron chi connectivity index (χ4n) is 2.56. The third kappa shape index (κ3) is 5.34. The van der Waals surface area contributed by atoms with E-state index in [0.29, 0.717) is 18.1 Å². The van der Waals surface area contributed by atoms with Crippen LogP contribution in [-0.2, 0) is 4.79 Å². The van der Waals surface area contributed by atoms with Crippen LogP contribution in [0.25, 0.3) is 0 Å². The van der Waals surface area contributed by atoms with Gasteiger partial charge in [-0.25, -0.2) is 0 Å². The number of benzene rings is 2. The predicted molar refractivity (Wildman–Crippen MR) is 97.1 cm³/mol. The molecule has 0 aliphatic rings. The van der Waals surface area contributed by atoms with E-state index in [2.05, 4.69) is 5.32 Å². The van der Waals surface area contributed by atoms with E-state index in [1.165, 1.54) is 0 Å². The highest BCUT2D eigenvalue weighted by Gasteiger charge is 2.18. The van der Waals surface area contributed by atoms with Gasteiger partial charge in [-0.05, 0) is 29.8 Å². The van der Waals surface area contributed by atoms with E-state index >= 15 is 0 Å². The average molecular weight is 347 g/mol. The Bertz CT molecular complexity index is 632. The molecular formula is C19H23ClN2O2. The monoisotopic (exact) mass is 346 g/mol. The molecule has 0 saturated heterocycles. The van der Waals surface area contributed by atoms with Gasteiger partial charge in [-0.3, -0.25) is 9.69 Å². The molecule has 128 valence electrons. The van der Waals surface area contributed by atoms with Gasteiger partial charge in [0.05, 0.1) is 19.2 Å². The Morgan fingerprint density at radius 3 is 2.33 bits per heavy atom. The van der Waals surface area contributed by atoms with Crippen molar-refractivity contribution in [1.82, 2.24) is 10.2 Å². The molecule has 1 unspecified atom stereocenters. The van der Waals surface area contributed by atoms with Crippen molar-refractivity contribution in [1.29, 1.82) is 0 Å². The number of nitrogens with zero attached hydrogens (tertiary/aromatic N) is 1. The van der Waals surface area contributed by atoms with Gasteiger partial charge in [-0.15, -0.1) is 0 Å². The molecule has 4 nitrogen and oxygen atoms in total. The van der Waals surface area contributed by atoms with Crippen LogP contribution in [0.5, 0.6) is 0 Å². The molecule has 24 heavy (non-hydrogen) atoms. The first-order valence-electron chi connectivity index (χ1n) is 8.07. The Kier molecular flexibility index (Phi) is 7.25. The first-order valence-corrected chi connectivity index (χ1v) is 8.44. The van der Waals surface area contributed by atoms with Crippen molar-refractivity contribution in [2.45, 2.75) is 13.0 Å². The van der Waals surface area contributed by atoms with Gasteiger partial charge in [0.2, 0.25) is 5.91 Å². The van der Waals surface area contributed by atoms with E-state index in [4.69, 9.17) is 16.7 Å². The molecule has 0 spiro atoms. The predicted octanol–water partition coefficient (Wildman–Crippen LogP) is 2.86. The number of hydrogen-bond acceptors (Lipinski definition) is 3. The smallest absolute Gasteiger partial charge is 0.234 e. The van der Waals surface area contributed by atoms with Crippen LogP contribution in [0.4, 0.5) is 0 Å². The van der Waals surface area contributed by atoms with E-state index in [9.17, 15) is 4.79 Å². The Hall–Kier alpha value is -1.88. The van der Waals surface area contributed by atoms with Gasteiger partial charge in [-0.2, -0.15) is 0 Å². The molecular weight excluding hydrogens is 324 g/mol. The Morgan fingerprint density at radius 2 is 1.75 bits per heavy atom. The molecule has 1 amide bonds. The second kappa shape index (κ2) is 9.42. The van der Waals surface area contributed by atoms with Crippen LogP contribution in [0.15, 0.2) is 54.6 Å². The highest BCUT2D eigenvalue weighted by molar-refractivity contribution is 6.30. The molecule has 0 bridgehead atoms. The number of carbonyl (C=O) groups is 1. The Balaban J connectivity index is 2.17. The zero-order valence-electron chi connectivity index (χ0n) is 13.8. The van der Waals surface area contributed by atoms with Gasteiger partial charge < -0.3 is 10.4 Å². The summed E-state index contributed by atoms with van der Waals surface area (Å²) in [5.74, 6) is -0.0749. The van der Waals surface area contributed by atoms with Crippen molar-refractivity contribution >= 4 is 17.5 Å². The van der Waals surface area contributed by atoms with Gasteiger partial charge >= 0.3 is 0 Å². The van der Waals surface area contributed by atoms with Crippen LogP contribution < -0.4 is 5.32 Å². The lowest BCUT2D eigenvalue weighted by Crippen LogP contribution is -2.40. The summed E-state index contributed by atoms with van der Waals surface area (Å²) in [5.41, 5.74) is 1.99. The highest BCUT2D eigenvalue weighted by atomic mass is 35.5. The van der Waals surface area contributed by atoms with Crippen molar-refractivity contribution in [3.8, 4) is 0 Å². The average Bonchev–Trinajstić information content (AvgIpc) is 2.61. The van der Waals surface area contributed by atoms with Gasteiger partial charge in [0.15, 0.2) is 0 Å². The lowest BCUT2D eigenvalue weighted by molar-refractivity contribution is -0.122. The van der Waals surface area contributed by atoms with E-state index in [0.717, 1.165) is 11.1 Å². The van der Waals surface area contributed by atoms with E-state index < -0.39 is 0 Å². The van der Waals surface area contributed by atoms with Crippen LogP contribution in [0.2, 0.25) is 5.02 Å². The number of nitrogens with one attached hydrogen (secondary N) is 1. The van der Waals surface area contributed by atoms with E-state index in [-0.39, 0.29) is 25.1 Å². The molecule has 0 aliphatic heterocycles. The quantitative estimate of drug-likeness (QED) is 0.772. The number of likely N-dealkylation sites (N-methyl/N-ethyl adjacent to an activating group) is 1. The van der Waals surface area contributed by atoms with Crippen molar-refractivity contribution in [3.63, 3.8) is 0 Å². The van der Waals surface area contributed by atoms with Crippen LogP contribution in [-0.4, -0.2) is 42.2 Å². The van der Waals surface area contributed by atoms with Crippen LogP contribution >= 0.6 is 11.6 Å². The summed E-state index contributed by atoms with van der Waals surface area (Å²) in [6.45, 7) is 3.47. The van der Waals surface area contributed by atoms with Crippen LogP contribution in [0.1, 0.15) is 24.1 Å². The molecule has 2 N–H and O–H groups in total. The summed E-state index contributed by atoms with van der Waals surface area (Å²) >= 11 is 5.97. The van der Waals surface area contributed by atoms with Crippen LogP contribution in [0, 0.1) is 0 Å². The van der Waals surface area contributed by atoms with Crippen molar-refractivity contribution < 1.29 is 9.90 Å². The molecule has 0 aliphatic carbocycles. The molecule has 2 aromatic rings. The zero-order valence-corrected chi connectivity index (χ0v) is 14.5. The topological polar surface area (TPSA) is 52.6 Å². The summed E-state index contributed by atoms with van der Waals surface area (Å²) in [6.07, 6.45) is 0. The minimum Gasteiger partial charge on any atom is -0.395 e. The lowest BCUT2D eigenvalue weighted by atomic mass is 9.98. The molecule has 0 radical (unpaired) electrons. The maximum atomic E-state index is 12.5. The normalized spacial score (nSPS) is 12.2. The second-order valence-electron chi connectivity index (χ2n) is 5.56. The summed E-state index contributed by atoms with van der Waals surface area (Å²) in [4.78, 5) is 14.4.